The minimum absolute atomic E-state index is 0.0118. The van der Waals surface area contributed by atoms with Gasteiger partial charge in [0.15, 0.2) is 11.6 Å². The highest BCUT2D eigenvalue weighted by Gasteiger charge is 2.27. The zero-order chi connectivity index (χ0) is 24.3. The molecule has 3 aromatic carbocycles. The molecule has 2 heterocycles. The van der Waals surface area contributed by atoms with Crippen molar-refractivity contribution < 1.29 is 23.5 Å². The molecular weight excluding hydrogens is 436 g/mol. The number of carbonyl (C=O) groups excluding carboxylic acids is 2. The molecule has 34 heavy (non-hydrogen) atoms. The molecule has 5 rings (SSSR count). The minimum Gasteiger partial charge on any atom is -0.508 e. The highest BCUT2D eigenvalue weighted by Crippen LogP contribution is 2.35. The van der Waals surface area contributed by atoms with Crippen LogP contribution in [0.25, 0.3) is 44.0 Å². The molecule has 0 aliphatic heterocycles. The quantitative estimate of drug-likeness (QED) is 0.296. The number of carbonyl (C=O) groups is 2. The molecular formula is C27H18O7. The highest BCUT2D eigenvalue weighted by molar-refractivity contribution is 6.17. The van der Waals surface area contributed by atoms with E-state index >= 15 is 0 Å². The molecule has 7 heteroatoms. The Kier molecular flexibility index (Phi) is 4.72. The van der Waals surface area contributed by atoms with Gasteiger partial charge in [0.25, 0.3) is 0 Å². The highest BCUT2D eigenvalue weighted by atomic mass is 16.3. The Bertz CT molecular complexity index is 1820. The van der Waals surface area contributed by atoms with Crippen molar-refractivity contribution in [1.82, 2.24) is 0 Å². The number of rotatable bonds is 3. The summed E-state index contributed by atoms with van der Waals surface area (Å²) in [5.41, 5.74) is 0.189. The van der Waals surface area contributed by atoms with Crippen LogP contribution in [0.5, 0.6) is 5.75 Å². The summed E-state index contributed by atoms with van der Waals surface area (Å²) < 4.78 is 11.6. The van der Waals surface area contributed by atoms with Crippen molar-refractivity contribution in [3.8, 4) is 16.9 Å². The van der Waals surface area contributed by atoms with Crippen LogP contribution in [0.4, 0.5) is 0 Å². The third kappa shape index (κ3) is 3.05. The predicted molar refractivity (Wildman–Crippen MR) is 128 cm³/mol. The van der Waals surface area contributed by atoms with Gasteiger partial charge in [-0.1, -0.05) is 12.1 Å². The zero-order valence-corrected chi connectivity index (χ0v) is 18.5. The molecule has 0 spiro atoms. The SMILES string of the molecule is CC(=O)c1cc2c(=O)c3ccc(O)cc3oc2c(C(C)=O)c1-c1coc2cccc(C)c2c1=O. The van der Waals surface area contributed by atoms with E-state index in [4.69, 9.17) is 8.83 Å². The minimum atomic E-state index is -0.505. The molecule has 0 aliphatic carbocycles. The lowest BCUT2D eigenvalue weighted by atomic mass is 9.88. The molecule has 0 fully saturated rings. The molecule has 2 aromatic heterocycles. The van der Waals surface area contributed by atoms with Gasteiger partial charge in [-0.3, -0.25) is 19.2 Å². The molecule has 0 atom stereocenters. The van der Waals surface area contributed by atoms with Gasteiger partial charge in [0, 0.05) is 17.2 Å². The van der Waals surface area contributed by atoms with E-state index in [1.807, 2.05) is 0 Å². The van der Waals surface area contributed by atoms with Crippen LogP contribution in [0.1, 0.15) is 40.1 Å². The van der Waals surface area contributed by atoms with Crippen molar-refractivity contribution in [3.63, 3.8) is 0 Å². The van der Waals surface area contributed by atoms with E-state index in [0.29, 0.717) is 16.5 Å². The number of ketones is 2. The predicted octanol–water partition coefficient (Wildman–Crippen LogP) is 5.14. The maximum atomic E-state index is 13.6. The Hall–Kier alpha value is -4.52. The maximum Gasteiger partial charge on any atom is 0.200 e. The Labute approximate surface area is 191 Å². The number of hydrogen-bond donors (Lipinski definition) is 1. The van der Waals surface area contributed by atoms with Gasteiger partial charge in [-0.05, 0) is 50.6 Å². The number of aromatic hydroxyl groups is 1. The maximum absolute atomic E-state index is 13.6. The van der Waals surface area contributed by atoms with Gasteiger partial charge in [0.05, 0.1) is 27.3 Å². The topological polar surface area (TPSA) is 115 Å². The van der Waals surface area contributed by atoms with Crippen LogP contribution in [-0.2, 0) is 0 Å². The standard InChI is InChI=1S/C27H18O7/c1-12-5-4-6-20-22(12)26(32)19(11-33-20)24-17(13(2)28)10-18-25(31)16-8-7-15(30)9-21(16)34-27(18)23(24)14(3)29/h4-11,30H,1-3H3. The van der Waals surface area contributed by atoms with E-state index in [0.717, 1.165) is 0 Å². The lowest BCUT2D eigenvalue weighted by Gasteiger charge is -2.15. The molecule has 168 valence electrons. The number of phenolic OH excluding ortho intramolecular Hbond substituents is 1. The van der Waals surface area contributed by atoms with E-state index in [2.05, 4.69) is 0 Å². The first-order valence-corrected chi connectivity index (χ1v) is 10.5. The van der Waals surface area contributed by atoms with Gasteiger partial charge in [0.2, 0.25) is 10.9 Å². The first-order valence-electron chi connectivity index (χ1n) is 10.5. The van der Waals surface area contributed by atoms with Crippen LogP contribution < -0.4 is 10.9 Å². The fraction of sp³-hybridized carbons (Fsp3) is 0.111. The number of hydrogen-bond acceptors (Lipinski definition) is 7. The monoisotopic (exact) mass is 454 g/mol. The molecule has 0 amide bonds. The van der Waals surface area contributed by atoms with Crippen molar-refractivity contribution in [3.05, 3.63) is 85.9 Å². The van der Waals surface area contributed by atoms with E-state index < -0.39 is 22.4 Å². The summed E-state index contributed by atoms with van der Waals surface area (Å²) in [7, 11) is 0. The van der Waals surface area contributed by atoms with Gasteiger partial charge in [0.1, 0.15) is 28.8 Å². The van der Waals surface area contributed by atoms with E-state index in [1.165, 1.54) is 44.4 Å². The Morgan fingerprint density at radius 3 is 2.35 bits per heavy atom. The number of fused-ring (bicyclic) bond motifs is 3. The van der Waals surface area contributed by atoms with Crippen LogP contribution in [0, 0.1) is 6.92 Å². The normalized spacial score (nSPS) is 11.4. The second-order valence-corrected chi connectivity index (χ2v) is 8.20. The molecule has 0 saturated heterocycles. The molecule has 1 N–H and O–H groups in total. The fourth-order valence-electron chi connectivity index (χ4n) is 4.38. The van der Waals surface area contributed by atoms with Crippen LogP contribution in [0.2, 0.25) is 0 Å². The lowest BCUT2D eigenvalue weighted by Crippen LogP contribution is -2.14. The summed E-state index contributed by atoms with van der Waals surface area (Å²) in [4.78, 5) is 52.4. The molecule has 0 unspecified atom stereocenters. The lowest BCUT2D eigenvalue weighted by molar-refractivity contribution is 0.101. The summed E-state index contributed by atoms with van der Waals surface area (Å²) in [5, 5.41) is 10.4. The van der Waals surface area contributed by atoms with Gasteiger partial charge in [-0.15, -0.1) is 0 Å². The summed E-state index contributed by atoms with van der Waals surface area (Å²) in [5.74, 6) is -1.06. The van der Waals surface area contributed by atoms with Gasteiger partial charge in [-0.2, -0.15) is 0 Å². The third-order valence-electron chi connectivity index (χ3n) is 5.96. The summed E-state index contributed by atoms with van der Waals surface area (Å²) in [6.07, 6.45) is 1.22. The smallest absolute Gasteiger partial charge is 0.200 e. The second-order valence-electron chi connectivity index (χ2n) is 8.20. The van der Waals surface area contributed by atoms with Crippen LogP contribution >= 0.6 is 0 Å². The van der Waals surface area contributed by atoms with Gasteiger partial charge in [-0.25, -0.2) is 0 Å². The molecule has 0 saturated carbocycles. The van der Waals surface area contributed by atoms with E-state index in [-0.39, 0.29) is 49.9 Å². The average Bonchev–Trinajstić information content (AvgIpc) is 2.78. The van der Waals surface area contributed by atoms with E-state index in [1.54, 1.807) is 25.1 Å². The van der Waals surface area contributed by atoms with Crippen molar-refractivity contribution in [2.24, 2.45) is 0 Å². The number of benzene rings is 3. The van der Waals surface area contributed by atoms with Crippen LogP contribution in [-0.4, -0.2) is 16.7 Å². The van der Waals surface area contributed by atoms with Crippen LogP contribution in [0.15, 0.2) is 67.2 Å². The number of phenols is 1. The molecule has 5 aromatic rings. The summed E-state index contributed by atoms with van der Waals surface area (Å²) >= 11 is 0. The Morgan fingerprint density at radius 2 is 1.65 bits per heavy atom. The van der Waals surface area contributed by atoms with Crippen LogP contribution in [0.3, 0.4) is 0 Å². The van der Waals surface area contributed by atoms with Crippen molar-refractivity contribution in [2.75, 3.05) is 0 Å². The van der Waals surface area contributed by atoms with Crippen molar-refractivity contribution in [1.29, 1.82) is 0 Å². The molecule has 0 bridgehead atoms. The molecule has 0 radical (unpaired) electrons. The molecule has 7 nitrogen and oxygen atoms in total. The van der Waals surface area contributed by atoms with Gasteiger partial charge < -0.3 is 13.9 Å². The first-order chi connectivity index (χ1) is 16.2. The third-order valence-corrected chi connectivity index (χ3v) is 5.96. The summed E-state index contributed by atoms with van der Waals surface area (Å²) in [6.45, 7) is 4.32. The second kappa shape index (κ2) is 7.52. The number of Topliss-reactive ketones (excluding diaryl/α,β-unsaturated/α-hetero) is 2. The first kappa shape index (κ1) is 21.3. The van der Waals surface area contributed by atoms with Crippen molar-refractivity contribution in [2.45, 2.75) is 20.8 Å². The average molecular weight is 454 g/mol. The van der Waals surface area contributed by atoms with Crippen molar-refractivity contribution >= 4 is 44.5 Å². The Morgan fingerprint density at radius 1 is 0.882 bits per heavy atom. The summed E-state index contributed by atoms with van der Waals surface area (Å²) in [6, 6.07) is 10.5. The largest absolute Gasteiger partial charge is 0.508 e. The van der Waals surface area contributed by atoms with E-state index in [9.17, 15) is 24.3 Å². The number of aryl methyl sites for hydroxylation is 1. The Balaban J connectivity index is 2.04. The fourth-order valence-corrected chi connectivity index (χ4v) is 4.38. The molecule has 0 aliphatic rings. The van der Waals surface area contributed by atoms with Gasteiger partial charge >= 0.3 is 0 Å². The zero-order valence-electron chi connectivity index (χ0n) is 18.5.